The number of rotatable bonds is 4. The molecule has 2 rings (SSSR count). The summed E-state index contributed by atoms with van der Waals surface area (Å²) in [6.07, 6.45) is 0. The molecular weight excluding hydrogens is 224 g/mol. The van der Waals surface area contributed by atoms with Gasteiger partial charge in [0.15, 0.2) is 0 Å². The van der Waals surface area contributed by atoms with Crippen LogP contribution in [0.1, 0.15) is 11.1 Å². The molecule has 2 aromatic carbocycles. The molecule has 0 saturated heterocycles. The molecule has 3 nitrogen and oxygen atoms in total. The van der Waals surface area contributed by atoms with Crippen molar-refractivity contribution in [1.82, 2.24) is 10.6 Å². The highest BCUT2D eigenvalue weighted by Crippen LogP contribution is 2.09. The van der Waals surface area contributed by atoms with Crippen LogP contribution in [0.4, 0.5) is 4.79 Å². The Morgan fingerprint density at radius 3 is 1.56 bits per heavy atom. The van der Waals surface area contributed by atoms with Crippen LogP contribution >= 0.6 is 0 Å². The van der Waals surface area contributed by atoms with Crippen molar-refractivity contribution >= 4 is 6.03 Å². The quantitative estimate of drug-likeness (QED) is 0.808. The first-order valence-corrected chi connectivity index (χ1v) is 5.84. The highest BCUT2D eigenvalue weighted by atomic mass is 16.2. The van der Waals surface area contributed by atoms with Crippen molar-refractivity contribution in [2.45, 2.75) is 13.1 Å². The van der Waals surface area contributed by atoms with Gasteiger partial charge < -0.3 is 4.90 Å². The standard InChI is InChI=1S/C15H15N2O/c16-15(18)17(11-13-7-3-1-4-8-13)12-14-9-5-2-6-10-14/h1-10,16H,11-12H2. The lowest BCUT2D eigenvalue weighted by Crippen LogP contribution is -2.29. The lowest BCUT2D eigenvalue weighted by molar-refractivity contribution is 0.200. The number of carbonyl (C=O) groups excluding carboxylic acids is 1. The van der Waals surface area contributed by atoms with Crippen LogP contribution in [0.25, 0.3) is 0 Å². The van der Waals surface area contributed by atoms with Crippen molar-refractivity contribution in [2.75, 3.05) is 0 Å². The molecule has 0 aliphatic rings. The number of carbonyl (C=O) groups is 1. The topological polar surface area (TPSA) is 44.1 Å². The molecule has 0 heterocycles. The van der Waals surface area contributed by atoms with Gasteiger partial charge in [-0.3, -0.25) is 0 Å². The van der Waals surface area contributed by atoms with Gasteiger partial charge in [-0.1, -0.05) is 60.7 Å². The van der Waals surface area contributed by atoms with Crippen molar-refractivity contribution < 1.29 is 4.79 Å². The SMILES string of the molecule is [NH]C(=O)N(Cc1ccccc1)Cc1ccccc1. The number of hydrogen-bond acceptors (Lipinski definition) is 1. The van der Waals surface area contributed by atoms with Crippen molar-refractivity contribution in [1.29, 1.82) is 0 Å². The van der Waals surface area contributed by atoms with Gasteiger partial charge in [-0.2, -0.15) is 0 Å². The van der Waals surface area contributed by atoms with Gasteiger partial charge in [0.05, 0.1) is 0 Å². The number of urea groups is 1. The summed E-state index contributed by atoms with van der Waals surface area (Å²) < 4.78 is 0. The Morgan fingerprint density at radius 1 is 0.833 bits per heavy atom. The van der Waals surface area contributed by atoms with Crippen LogP contribution in [0.3, 0.4) is 0 Å². The minimum atomic E-state index is -0.650. The third-order valence-electron chi connectivity index (χ3n) is 2.72. The average Bonchev–Trinajstić information content (AvgIpc) is 2.40. The van der Waals surface area contributed by atoms with Crippen molar-refractivity contribution in [2.24, 2.45) is 0 Å². The molecule has 1 radical (unpaired) electrons. The highest BCUT2D eigenvalue weighted by molar-refractivity contribution is 5.71. The van der Waals surface area contributed by atoms with Gasteiger partial charge in [-0.05, 0) is 11.1 Å². The highest BCUT2D eigenvalue weighted by Gasteiger charge is 2.11. The second kappa shape index (κ2) is 5.87. The van der Waals surface area contributed by atoms with E-state index in [-0.39, 0.29) is 0 Å². The van der Waals surface area contributed by atoms with Gasteiger partial charge in [-0.25, -0.2) is 10.5 Å². The number of benzene rings is 2. The fraction of sp³-hybridized carbons (Fsp3) is 0.133. The molecule has 0 aromatic heterocycles. The molecule has 91 valence electrons. The molecule has 0 bridgehead atoms. The summed E-state index contributed by atoms with van der Waals surface area (Å²) in [4.78, 5) is 12.9. The van der Waals surface area contributed by atoms with Crippen molar-refractivity contribution in [3.8, 4) is 0 Å². The predicted molar refractivity (Wildman–Crippen MR) is 70.6 cm³/mol. The van der Waals surface area contributed by atoms with E-state index in [2.05, 4.69) is 0 Å². The van der Waals surface area contributed by atoms with E-state index in [9.17, 15) is 4.79 Å². The molecule has 0 fully saturated rings. The average molecular weight is 239 g/mol. The summed E-state index contributed by atoms with van der Waals surface area (Å²) in [5.74, 6) is 0. The summed E-state index contributed by atoms with van der Waals surface area (Å²) in [6, 6.07) is 18.8. The first-order chi connectivity index (χ1) is 8.75. The molecule has 18 heavy (non-hydrogen) atoms. The molecule has 0 unspecified atom stereocenters. The maximum Gasteiger partial charge on any atom is 0.336 e. The summed E-state index contributed by atoms with van der Waals surface area (Å²) in [5.41, 5.74) is 9.39. The van der Waals surface area contributed by atoms with Crippen LogP contribution < -0.4 is 5.73 Å². The van der Waals surface area contributed by atoms with E-state index in [1.54, 1.807) is 0 Å². The van der Waals surface area contributed by atoms with Crippen LogP contribution in [0.5, 0.6) is 0 Å². The number of nitrogens with zero attached hydrogens (tertiary/aromatic N) is 1. The molecule has 0 aliphatic carbocycles. The number of hydrogen-bond donors (Lipinski definition) is 0. The monoisotopic (exact) mass is 239 g/mol. The predicted octanol–water partition coefficient (Wildman–Crippen LogP) is 3.09. The molecule has 0 atom stereocenters. The van der Waals surface area contributed by atoms with Crippen LogP contribution in [0.2, 0.25) is 0 Å². The smallest absolute Gasteiger partial charge is 0.315 e. The van der Waals surface area contributed by atoms with E-state index in [1.165, 1.54) is 4.90 Å². The molecular formula is C15H15N2O. The molecule has 2 amide bonds. The zero-order valence-corrected chi connectivity index (χ0v) is 10.0. The molecule has 1 N–H and O–H groups in total. The maximum atomic E-state index is 11.3. The zero-order valence-electron chi connectivity index (χ0n) is 10.0. The fourth-order valence-corrected chi connectivity index (χ4v) is 1.81. The van der Waals surface area contributed by atoms with Crippen LogP contribution in [0.15, 0.2) is 60.7 Å². The van der Waals surface area contributed by atoms with Crippen molar-refractivity contribution in [3.05, 3.63) is 71.8 Å². The van der Waals surface area contributed by atoms with E-state index in [1.807, 2.05) is 60.7 Å². The fourth-order valence-electron chi connectivity index (χ4n) is 1.81. The Labute approximate surface area is 107 Å². The van der Waals surface area contributed by atoms with Gasteiger partial charge in [0, 0.05) is 13.1 Å². The zero-order chi connectivity index (χ0) is 12.8. The molecule has 0 saturated carbocycles. The summed E-state index contributed by atoms with van der Waals surface area (Å²) in [5, 5.41) is 0. The first-order valence-electron chi connectivity index (χ1n) is 5.84. The van der Waals surface area contributed by atoms with Gasteiger partial charge in [0.25, 0.3) is 0 Å². The molecule has 0 aliphatic heterocycles. The van der Waals surface area contributed by atoms with E-state index in [0.717, 1.165) is 11.1 Å². The van der Waals surface area contributed by atoms with E-state index in [4.69, 9.17) is 5.73 Å². The number of amides is 2. The van der Waals surface area contributed by atoms with Gasteiger partial charge in [0.2, 0.25) is 0 Å². The van der Waals surface area contributed by atoms with Gasteiger partial charge in [-0.15, -0.1) is 0 Å². The van der Waals surface area contributed by atoms with Crippen molar-refractivity contribution in [3.63, 3.8) is 0 Å². The maximum absolute atomic E-state index is 11.3. The van der Waals surface area contributed by atoms with E-state index in [0.29, 0.717) is 13.1 Å². The Morgan fingerprint density at radius 2 is 1.22 bits per heavy atom. The molecule has 0 spiro atoms. The van der Waals surface area contributed by atoms with E-state index < -0.39 is 6.03 Å². The minimum Gasteiger partial charge on any atom is -0.315 e. The number of nitrogens with one attached hydrogen (secondary N) is 1. The molecule has 2 aromatic rings. The van der Waals surface area contributed by atoms with Gasteiger partial charge >= 0.3 is 6.03 Å². The van der Waals surface area contributed by atoms with Crippen LogP contribution in [-0.2, 0) is 13.1 Å². The second-order valence-electron chi connectivity index (χ2n) is 4.13. The van der Waals surface area contributed by atoms with E-state index >= 15 is 0 Å². The lowest BCUT2D eigenvalue weighted by Gasteiger charge is -2.20. The summed E-state index contributed by atoms with van der Waals surface area (Å²) in [7, 11) is 0. The normalized spacial score (nSPS) is 10.0. The lowest BCUT2D eigenvalue weighted by atomic mass is 10.2. The Bertz CT molecular complexity index is 455. The third-order valence-corrected chi connectivity index (χ3v) is 2.72. The largest absolute Gasteiger partial charge is 0.336 e. The third kappa shape index (κ3) is 3.35. The summed E-state index contributed by atoms with van der Waals surface area (Å²) in [6.45, 7) is 0.941. The second-order valence-corrected chi connectivity index (χ2v) is 4.13. The molecule has 3 heteroatoms. The van der Waals surface area contributed by atoms with Gasteiger partial charge in [0.1, 0.15) is 0 Å². The van der Waals surface area contributed by atoms with Crippen LogP contribution in [0, 0.1) is 0 Å². The first kappa shape index (κ1) is 12.2. The summed E-state index contributed by atoms with van der Waals surface area (Å²) >= 11 is 0. The Kier molecular flexibility index (Phi) is 3.97. The Hall–Kier alpha value is -2.29. The van der Waals surface area contributed by atoms with Crippen LogP contribution in [-0.4, -0.2) is 10.9 Å². The minimum absolute atomic E-state index is 0.470. The Balaban J connectivity index is 2.08.